The number of hydrogen-bond donors (Lipinski definition) is 0. The first-order valence-corrected chi connectivity index (χ1v) is 5.88. The van der Waals surface area contributed by atoms with Gasteiger partial charge in [-0.15, -0.1) is 0 Å². The van der Waals surface area contributed by atoms with Gasteiger partial charge in [0.05, 0.1) is 0 Å². The minimum atomic E-state index is 0.300. The van der Waals surface area contributed by atoms with E-state index in [1.165, 1.54) is 5.56 Å². The Morgan fingerprint density at radius 3 is 2.20 bits per heavy atom. The molecule has 15 heavy (non-hydrogen) atoms. The molecule has 0 bridgehead atoms. The lowest BCUT2D eigenvalue weighted by atomic mass is 9.79. The second kappa shape index (κ2) is 4.80. The molecule has 1 saturated carbocycles. The largest absolute Gasteiger partial charge is 0.303 e. The molecular weight excluding hydrogens is 208 g/mol. The number of rotatable bonds is 2. The summed E-state index contributed by atoms with van der Waals surface area (Å²) in [6.45, 7) is 0. The molecule has 1 aliphatic rings. The van der Waals surface area contributed by atoms with E-state index < -0.39 is 0 Å². The molecule has 80 valence electrons. The number of aldehydes is 1. The average molecular weight is 223 g/mol. The Morgan fingerprint density at radius 1 is 1.07 bits per heavy atom. The number of carbonyl (C=O) groups is 1. The van der Waals surface area contributed by atoms with E-state index in [0.717, 1.165) is 37.0 Å². The summed E-state index contributed by atoms with van der Waals surface area (Å²) in [4.78, 5) is 10.6. The first-order chi connectivity index (χ1) is 7.29. The van der Waals surface area contributed by atoms with E-state index in [9.17, 15) is 4.79 Å². The van der Waals surface area contributed by atoms with Crippen LogP contribution in [0.3, 0.4) is 0 Å². The average Bonchev–Trinajstić information content (AvgIpc) is 2.30. The van der Waals surface area contributed by atoms with Gasteiger partial charge in [0, 0.05) is 10.9 Å². The molecule has 0 atom stereocenters. The molecule has 1 aromatic carbocycles. The third-order valence-electron chi connectivity index (χ3n) is 3.31. The van der Waals surface area contributed by atoms with Crippen LogP contribution in [-0.2, 0) is 4.79 Å². The van der Waals surface area contributed by atoms with Crippen LogP contribution in [0, 0.1) is 5.92 Å². The van der Waals surface area contributed by atoms with Gasteiger partial charge in [-0.05, 0) is 49.3 Å². The molecule has 1 nitrogen and oxygen atoms in total. The fourth-order valence-corrected chi connectivity index (χ4v) is 2.45. The van der Waals surface area contributed by atoms with E-state index in [0.29, 0.717) is 11.8 Å². The Morgan fingerprint density at radius 2 is 1.67 bits per heavy atom. The summed E-state index contributed by atoms with van der Waals surface area (Å²) in [5.41, 5.74) is 1.36. The van der Waals surface area contributed by atoms with Crippen LogP contribution in [0.25, 0.3) is 0 Å². The highest BCUT2D eigenvalue weighted by Crippen LogP contribution is 2.35. The molecule has 0 spiro atoms. The van der Waals surface area contributed by atoms with Gasteiger partial charge in [0.15, 0.2) is 0 Å². The monoisotopic (exact) mass is 222 g/mol. The summed E-state index contributed by atoms with van der Waals surface area (Å²) in [5.74, 6) is 0.923. The van der Waals surface area contributed by atoms with Crippen molar-refractivity contribution in [2.75, 3.05) is 0 Å². The molecule has 2 heteroatoms. The molecule has 0 radical (unpaired) electrons. The Bertz CT molecular complexity index is 323. The molecule has 2 rings (SSSR count). The van der Waals surface area contributed by atoms with Crippen molar-refractivity contribution in [2.45, 2.75) is 31.6 Å². The standard InChI is InChI=1S/C13H15ClO/c14-13-7-5-12(6-8-13)11-3-1-10(9-15)2-4-11/h5-11H,1-4H2/t10-,11-. The van der Waals surface area contributed by atoms with Gasteiger partial charge in [0.2, 0.25) is 0 Å². The van der Waals surface area contributed by atoms with Crippen LogP contribution in [0.4, 0.5) is 0 Å². The number of benzene rings is 1. The van der Waals surface area contributed by atoms with Gasteiger partial charge in [-0.2, -0.15) is 0 Å². The number of halogens is 1. The van der Waals surface area contributed by atoms with Crippen molar-refractivity contribution in [1.82, 2.24) is 0 Å². The van der Waals surface area contributed by atoms with Crippen molar-refractivity contribution in [2.24, 2.45) is 5.92 Å². The van der Waals surface area contributed by atoms with Crippen LogP contribution in [0.2, 0.25) is 5.02 Å². The highest BCUT2D eigenvalue weighted by Gasteiger charge is 2.21. The highest BCUT2D eigenvalue weighted by atomic mass is 35.5. The van der Waals surface area contributed by atoms with Gasteiger partial charge >= 0.3 is 0 Å². The fourth-order valence-electron chi connectivity index (χ4n) is 2.32. The van der Waals surface area contributed by atoms with Gasteiger partial charge in [-0.1, -0.05) is 23.7 Å². The molecule has 1 aliphatic carbocycles. The molecule has 1 fully saturated rings. The minimum Gasteiger partial charge on any atom is -0.303 e. The van der Waals surface area contributed by atoms with Gasteiger partial charge in [0.1, 0.15) is 6.29 Å². The second-order valence-corrected chi connectivity index (χ2v) is 4.74. The Balaban J connectivity index is 2.01. The predicted molar refractivity (Wildman–Crippen MR) is 62.2 cm³/mol. The molecule has 0 saturated heterocycles. The van der Waals surface area contributed by atoms with Crippen LogP contribution < -0.4 is 0 Å². The number of carbonyl (C=O) groups excluding carboxylic acids is 1. The lowest BCUT2D eigenvalue weighted by Gasteiger charge is -2.25. The van der Waals surface area contributed by atoms with Crippen molar-refractivity contribution in [3.05, 3.63) is 34.9 Å². The maximum Gasteiger partial charge on any atom is 0.123 e. The van der Waals surface area contributed by atoms with E-state index in [2.05, 4.69) is 12.1 Å². The summed E-state index contributed by atoms with van der Waals surface area (Å²) in [6.07, 6.45) is 5.45. The highest BCUT2D eigenvalue weighted by molar-refractivity contribution is 6.30. The molecule has 0 heterocycles. The van der Waals surface area contributed by atoms with Crippen LogP contribution >= 0.6 is 11.6 Å². The summed E-state index contributed by atoms with van der Waals surface area (Å²) < 4.78 is 0. The smallest absolute Gasteiger partial charge is 0.123 e. The molecule has 0 unspecified atom stereocenters. The lowest BCUT2D eigenvalue weighted by Crippen LogP contribution is -2.13. The minimum absolute atomic E-state index is 0.300. The van der Waals surface area contributed by atoms with E-state index in [4.69, 9.17) is 11.6 Å². The first kappa shape index (κ1) is 10.7. The fraction of sp³-hybridized carbons (Fsp3) is 0.462. The summed E-state index contributed by atoms with van der Waals surface area (Å²) in [6, 6.07) is 8.11. The quantitative estimate of drug-likeness (QED) is 0.696. The van der Waals surface area contributed by atoms with E-state index in [-0.39, 0.29) is 0 Å². The maximum atomic E-state index is 10.6. The molecule has 0 aromatic heterocycles. The predicted octanol–water partition coefficient (Wildman–Crippen LogP) is 3.81. The normalized spacial score (nSPS) is 26.2. The second-order valence-electron chi connectivity index (χ2n) is 4.30. The third kappa shape index (κ3) is 2.60. The van der Waals surface area contributed by atoms with Crippen molar-refractivity contribution < 1.29 is 4.79 Å². The van der Waals surface area contributed by atoms with E-state index in [1.807, 2.05) is 12.1 Å². The van der Waals surface area contributed by atoms with Crippen molar-refractivity contribution >= 4 is 17.9 Å². The zero-order valence-electron chi connectivity index (χ0n) is 8.66. The summed E-state index contributed by atoms with van der Waals surface area (Å²) in [5, 5.41) is 0.792. The topological polar surface area (TPSA) is 17.1 Å². The molecule has 0 amide bonds. The van der Waals surface area contributed by atoms with Crippen LogP contribution in [0.15, 0.2) is 24.3 Å². The SMILES string of the molecule is O=C[C@H]1CC[C@H](c2ccc(Cl)cc2)CC1. The Labute approximate surface area is 95.4 Å². The van der Waals surface area contributed by atoms with Crippen molar-refractivity contribution in [3.63, 3.8) is 0 Å². The van der Waals surface area contributed by atoms with E-state index >= 15 is 0 Å². The molecule has 1 aromatic rings. The zero-order chi connectivity index (χ0) is 10.7. The van der Waals surface area contributed by atoms with Crippen molar-refractivity contribution in [1.29, 1.82) is 0 Å². The molecule has 0 aliphatic heterocycles. The summed E-state index contributed by atoms with van der Waals surface area (Å²) >= 11 is 5.85. The Kier molecular flexibility index (Phi) is 3.42. The maximum absolute atomic E-state index is 10.6. The first-order valence-electron chi connectivity index (χ1n) is 5.50. The van der Waals surface area contributed by atoms with Gasteiger partial charge < -0.3 is 4.79 Å². The van der Waals surface area contributed by atoms with Gasteiger partial charge in [0.25, 0.3) is 0 Å². The van der Waals surface area contributed by atoms with Gasteiger partial charge in [-0.3, -0.25) is 0 Å². The Hall–Kier alpha value is -0.820. The molecule has 0 N–H and O–H groups in total. The van der Waals surface area contributed by atoms with Crippen LogP contribution in [0.1, 0.15) is 37.2 Å². The number of hydrogen-bond acceptors (Lipinski definition) is 1. The summed E-state index contributed by atoms with van der Waals surface area (Å²) in [7, 11) is 0. The lowest BCUT2D eigenvalue weighted by molar-refractivity contribution is -0.111. The van der Waals surface area contributed by atoms with E-state index in [1.54, 1.807) is 0 Å². The van der Waals surface area contributed by atoms with Crippen LogP contribution in [0.5, 0.6) is 0 Å². The van der Waals surface area contributed by atoms with Gasteiger partial charge in [-0.25, -0.2) is 0 Å². The van der Waals surface area contributed by atoms with Crippen molar-refractivity contribution in [3.8, 4) is 0 Å². The third-order valence-corrected chi connectivity index (χ3v) is 3.56. The van der Waals surface area contributed by atoms with Crippen LogP contribution in [-0.4, -0.2) is 6.29 Å². The molecular formula is C13H15ClO. The zero-order valence-corrected chi connectivity index (χ0v) is 9.41.